The first-order valence-corrected chi connectivity index (χ1v) is 11.2. The zero-order chi connectivity index (χ0) is 21.6. The third-order valence-corrected chi connectivity index (χ3v) is 5.97. The summed E-state index contributed by atoms with van der Waals surface area (Å²) in [4.78, 5) is 19.1. The van der Waals surface area contributed by atoms with Crippen LogP contribution in [0.5, 0.6) is 0 Å². The number of benzene rings is 2. The van der Waals surface area contributed by atoms with Crippen molar-refractivity contribution in [3.63, 3.8) is 0 Å². The van der Waals surface area contributed by atoms with Gasteiger partial charge in [0.1, 0.15) is 0 Å². The van der Waals surface area contributed by atoms with Gasteiger partial charge in [0, 0.05) is 50.7 Å². The van der Waals surface area contributed by atoms with Crippen LogP contribution in [-0.4, -0.2) is 33.4 Å². The molecule has 4 rings (SSSR count). The summed E-state index contributed by atoms with van der Waals surface area (Å²) in [6.07, 6.45) is 6.82. The Morgan fingerprint density at radius 2 is 1.55 bits per heavy atom. The number of hydrogen-bond donors (Lipinski definition) is 1. The molecule has 2 heterocycles. The van der Waals surface area contributed by atoms with E-state index in [4.69, 9.17) is 0 Å². The fourth-order valence-corrected chi connectivity index (χ4v) is 4.58. The Hall–Kier alpha value is -2.92. The fraction of sp³-hybridized carbons (Fsp3) is 0.385. The molecular formula is C26H32N4O. The second kappa shape index (κ2) is 9.92. The number of carbonyl (C=O) groups excluding carboxylic acids is 1. The number of nitrogens with one attached hydrogen (secondary N) is 1. The van der Waals surface area contributed by atoms with Gasteiger partial charge in [-0.3, -0.25) is 9.69 Å². The van der Waals surface area contributed by atoms with Crippen molar-refractivity contribution in [2.45, 2.75) is 39.9 Å². The van der Waals surface area contributed by atoms with E-state index in [2.05, 4.69) is 53.3 Å². The number of likely N-dealkylation sites (tertiary alicyclic amines) is 1. The number of carbonyl (C=O) groups is 1. The first kappa shape index (κ1) is 21.3. The van der Waals surface area contributed by atoms with Crippen LogP contribution in [0, 0.1) is 11.8 Å². The number of amides is 1. The van der Waals surface area contributed by atoms with Crippen molar-refractivity contribution in [1.82, 2.24) is 19.8 Å². The van der Waals surface area contributed by atoms with Crippen molar-refractivity contribution < 1.29 is 4.79 Å². The maximum Gasteiger partial charge on any atom is 0.251 e. The molecule has 162 valence electrons. The van der Waals surface area contributed by atoms with Gasteiger partial charge in [-0.15, -0.1) is 0 Å². The lowest BCUT2D eigenvalue weighted by Crippen LogP contribution is -2.38. The van der Waals surface area contributed by atoms with Crippen molar-refractivity contribution in [2.75, 3.05) is 13.1 Å². The number of nitrogens with zero attached hydrogens (tertiary/aromatic N) is 3. The Bertz CT molecular complexity index is 954. The minimum atomic E-state index is -0.0467. The summed E-state index contributed by atoms with van der Waals surface area (Å²) < 4.78 is 2.01. The van der Waals surface area contributed by atoms with Crippen LogP contribution in [0.15, 0.2) is 67.3 Å². The molecule has 0 aliphatic carbocycles. The second-order valence-electron chi connectivity index (χ2n) is 9.07. The van der Waals surface area contributed by atoms with Gasteiger partial charge in [-0.2, -0.15) is 0 Å². The lowest BCUT2D eigenvalue weighted by Gasteiger charge is -2.35. The SMILES string of the molecule is CC1CC(C)CN(Cc2ccc(CNC(=O)c3ccc(Cn4ccnc4)cc3)cc2)C1. The molecule has 1 aliphatic heterocycles. The topological polar surface area (TPSA) is 50.2 Å². The third kappa shape index (κ3) is 6.05. The van der Waals surface area contributed by atoms with Gasteiger partial charge in [0.2, 0.25) is 0 Å². The fourth-order valence-electron chi connectivity index (χ4n) is 4.58. The average Bonchev–Trinajstić information content (AvgIpc) is 3.26. The maximum atomic E-state index is 12.5. The Morgan fingerprint density at radius 3 is 2.19 bits per heavy atom. The van der Waals surface area contributed by atoms with Crippen molar-refractivity contribution in [2.24, 2.45) is 11.8 Å². The van der Waals surface area contributed by atoms with Gasteiger partial charge in [-0.1, -0.05) is 50.2 Å². The highest BCUT2D eigenvalue weighted by Gasteiger charge is 2.21. The molecular weight excluding hydrogens is 384 g/mol. The highest BCUT2D eigenvalue weighted by atomic mass is 16.1. The van der Waals surface area contributed by atoms with Crippen molar-refractivity contribution >= 4 is 5.91 Å². The molecule has 5 heteroatoms. The normalized spacial score (nSPS) is 19.3. The molecule has 0 bridgehead atoms. The molecule has 2 atom stereocenters. The third-order valence-electron chi connectivity index (χ3n) is 5.97. The van der Waals surface area contributed by atoms with Gasteiger partial charge in [-0.05, 0) is 47.1 Å². The van der Waals surface area contributed by atoms with Gasteiger partial charge in [0.15, 0.2) is 0 Å². The molecule has 1 saturated heterocycles. The number of aromatic nitrogens is 2. The molecule has 1 aliphatic rings. The summed E-state index contributed by atoms with van der Waals surface area (Å²) >= 11 is 0. The molecule has 0 spiro atoms. The van der Waals surface area contributed by atoms with Crippen LogP contribution in [0.3, 0.4) is 0 Å². The summed E-state index contributed by atoms with van der Waals surface area (Å²) in [6.45, 7) is 9.36. The molecule has 1 amide bonds. The summed E-state index contributed by atoms with van der Waals surface area (Å²) in [6, 6.07) is 16.4. The molecule has 1 aromatic heterocycles. The van der Waals surface area contributed by atoms with Crippen LogP contribution in [-0.2, 0) is 19.6 Å². The molecule has 1 fully saturated rings. The number of imidazole rings is 1. The standard InChI is InChI=1S/C26H32N4O/c1-20-13-21(2)16-30(15-20)18-23-5-3-22(4-6-23)14-28-26(31)25-9-7-24(8-10-25)17-29-12-11-27-19-29/h3-12,19-21H,13-18H2,1-2H3,(H,28,31). The van der Waals surface area contributed by atoms with Crippen LogP contribution in [0.2, 0.25) is 0 Å². The predicted octanol–water partition coefficient (Wildman–Crippen LogP) is 4.34. The van der Waals surface area contributed by atoms with Gasteiger partial charge in [0.05, 0.1) is 6.33 Å². The van der Waals surface area contributed by atoms with E-state index in [9.17, 15) is 4.79 Å². The van der Waals surface area contributed by atoms with E-state index < -0.39 is 0 Å². The van der Waals surface area contributed by atoms with Crippen LogP contribution < -0.4 is 5.32 Å². The number of rotatable bonds is 7. The van der Waals surface area contributed by atoms with E-state index in [-0.39, 0.29) is 5.91 Å². The van der Waals surface area contributed by atoms with Crippen LogP contribution in [0.4, 0.5) is 0 Å². The summed E-state index contributed by atoms with van der Waals surface area (Å²) in [5, 5.41) is 3.03. The molecule has 2 aromatic carbocycles. The van der Waals surface area contributed by atoms with Gasteiger partial charge in [-0.25, -0.2) is 4.98 Å². The zero-order valence-corrected chi connectivity index (χ0v) is 18.5. The van der Waals surface area contributed by atoms with E-state index in [1.165, 1.54) is 25.1 Å². The van der Waals surface area contributed by atoms with Crippen LogP contribution >= 0.6 is 0 Å². The summed E-state index contributed by atoms with van der Waals surface area (Å²) in [5.74, 6) is 1.51. The van der Waals surface area contributed by atoms with E-state index >= 15 is 0 Å². The highest BCUT2D eigenvalue weighted by molar-refractivity contribution is 5.94. The zero-order valence-electron chi connectivity index (χ0n) is 18.5. The first-order valence-electron chi connectivity index (χ1n) is 11.2. The predicted molar refractivity (Wildman–Crippen MR) is 124 cm³/mol. The Balaban J connectivity index is 1.26. The van der Waals surface area contributed by atoms with E-state index in [0.717, 1.165) is 36.1 Å². The Kier molecular flexibility index (Phi) is 6.82. The second-order valence-corrected chi connectivity index (χ2v) is 9.07. The Labute approximate surface area is 185 Å². The van der Waals surface area contributed by atoms with Gasteiger partial charge >= 0.3 is 0 Å². The average molecular weight is 417 g/mol. The maximum absolute atomic E-state index is 12.5. The first-order chi connectivity index (χ1) is 15.0. The van der Waals surface area contributed by atoms with Crippen molar-refractivity contribution in [3.8, 4) is 0 Å². The van der Waals surface area contributed by atoms with Crippen molar-refractivity contribution in [3.05, 3.63) is 89.5 Å². The summed E-state index contributed by atoms with van der Waals surface area (Å²) in [7, 11) is 0. The molecule has 5 nitrogen and oxygen atoms in total. The minimum absolute atomic E-state index is 0.0467. The largest absolute Gasteiger partial charge is 0.348 e. The number of hydrogen-bond acceptors (Lipinski definition) is 3. The van der Waals surface area contributed by atoms with Gasteiger partial charge in [0.25, 0.3) is 5.91 Å². The van der Waals surface area contributed by atoms with Gasteiger partial charge < -0.3 is 9.88 Å². The Morgan fingerprint density at radius 1 is 0.935 bits per heavy atom. The number of piperidine rings is 1. The van der Waals surface area contributed by atoms with Crippen molar-refractivity contribution in [1.29, 1.82) is 0 Å². The molecule has 3 aromatic rings. The van der Waals surface area contributed by atoms with Crippen LogP contribution in [0.1, 0.15) is 47.3 Å². The quantitative estimate of drug-likeness (QED) is 0.623. The lowest BCUT2D eigenvalue weighted by atomic mass is 9.91. The van der Waals surface area contributed by atoms with Crippen LogP contribution in [0.25, 0.3) is 0 Å². The molecule has 2 unspecified atom stereocenters. The molecule has 0 saturated carbocycles. The minimum Gasteiger partial charge on any atom is -0.348 e. The molecule has 1 N–H and O–H groups in total. The molecule has 0 radical (unpaired) electrons. The highest BCUT2D eigenvalue weighted by Crippen LogP contribution is 2.22. The smallest absolute Gasteiger partial charge is 0.251 e. The van der Waals surface area contributed by atoms with E-state index in [0.29, 0.717) is 12.1 Å². The summed E-state index contributed by atoms with van der Waals surface area (Å²) in [5.41, 5.74) is 4.28. The monoisotopic (exact) mass is 416 g/mol. The van der Waals surface area contributed by atoms with E-state index in [1.807, 2.05) is 35.0 Å². The lowest BCUT2D eigenvalue weighted by molar-refractivity contribution is 0.0951. The molecule has 31 heavy (non-hydrogen) atoms. The van der Waals surface area contributed by atoms with E-state index in [1.54, 1.807) is 12.5 Å².